The number of benzene rings is 2. The number of para-hydroxylation sites is 1. The van der Waals surface area contributed by atoms with Gasteiger partial charge in [-0.05, 0) is 24.3 Å². The van der Waals surface area contributed by atoms with Crippen molar-refractivity contribution in [3.8, 4) is 5.75 Å². The van der Waals surface area contributed by atoms with Crippen molar-refractivity contribution in [2.45, 2.75) is 0 Å². The van der Waals surface area contributed by atoms with Gasteiger partial charge in [0.2, 0.25) is 11.2 Å². The average Bonchev–Trinajstić information content (AvgIpc) is 2.89. The number of aromatic hydroxyl groups is 1. The molecule has 0 unspecified atom stereocenters. The van der Waals surface area contributed by atoms with E-state index in [1.54, 1.807) is 36.4 Å². The van der Waals surface area contributed by atoms with Crippen LogP contribution >= 0.6 is 0 Å². The average molecular weight is 252 g/mol. The maximum atomic E-state index is 12.4. The molecule has 0 aliphatic rings. The Morgan fingerprint density at radius 1 is 1.00 bits per heavy atom. The number of rotatable bonds is 0. The van der Waals surface area contributed by atoms with Crippen LogP contribution < -0.4 is 5.43 Å². The molecule has 0 aliphatic heterocycles. The van der Waals surface area contributed by atoms with Crippen molar-refractivity contribution < 1.29 is 13.9 Å². The van der Waals surface area contributed by atoms with E-state index in [0.29, 0.717) is 27.3 Å². The van der Waals surface area contributed by atoms with Gasteiger partial charge >= 0.3 is 0 Å². The van der Waals surface area contributed by atoms with E-state index >= 15 is 0 Å². The molecule has 0 amide bonds. The fourth-order valence-corrected chi connectivity index (χ4v) is 2.35. The van der Waals surface area contributed by atoms with Gasteiger partial charge < -0.3 is 13.9 Å². The first-order valence-corrected chi connectivity index (χ1v) is 5.80. The lowest BCUT2D eigenvalue weighted by atomic mass is 10.1. The van der Waals surface area contributed by atoms with Crippen molar-refractivity contribution in [2.24, 2.45) is 0 Å². The summed E-state index contributed by atoms with van der Waals surface area (Å²) in [4.78, 5) is 12.4. The molecule has 4 heteroatoms. The largest absolute Gasteiger partial charge is 0.502 e. The van der Waals surface area contributed by atoms with Gasteiger partial charge in [-0.3, -0.25) is 4.79 Å². The molecule has 2 aromatic carbocycles. The third-order valence-corrected chi connectivity index (χ3v) is 3.26. The van der Waals surface area contributed by atoms with Gasteiger partial charge in [-0.15, -0.1) is 0 Å². The maximum absolute atomic E-state index is 12.4. The molecule has 2 heterocycles. The lowest BCUT2D eigenvalue weighted by Crippen LogP contribution is -2.01. The summed E-state index contributed by atoms with van der Waals surface area (Å²) in [6.07, 6.45) is 1.47. The normalized spacial score (nSPS) is 11.6. The second-order valence-electron chi connectivity index (χ2n) is 4.37. The van der Waals surface area contributed by atoms with E-state index in [2.05, 4.69) is 0 Å². The van der Waals surface area contributed by atoms with Gasteiger partial charge in [-0.25, -0.2) is 0 Å². The molecular weight excluding hydrogens is 244 g/mol. The van der Waals surface area contributed by atoms with Gasteiger partial charge in [0.05, 0.1) is 17.0 Å². The maximum Gasteiger partial charge on any atom is 0.203 e. The number of hydrogen-bond acceptors (Lipinski definition) is 4. The highest BCUT2D eigenvalue weighted by Crippen LogP contribution is 2.34. The van der Waals surface area contributed by atoms with Crippen LogP contribution in [0.5, 0.6) is 5.75 Å². The summed E-state index contributed by atoms with van der Waals surface area (Å²) in [5, 5.41) is 11.7. The third kappa shape index (κ3) is 1.25. The van der Waals surface area contributed by atoms with E-state index in [1.807, 2.05) is 0 Å². The van der Waals surface area contributed by atoms with Crippen LogP contribution in [-0.4, -0.2) is 5.11 Å². The van der Waals surface area contributed by atoms with E-state index in [-0.39, 0.29) is 16.8 Å². The second-order valence-corrected chi connectivity index (χ2v) is 4.37. The summed E-state index contributed by atoms with van der Waals surface area (Å²) < 4.78 is 10.8. The van der Waals surface area contributed by atoms with Crippen LogP contribution in [-0.2, 0) is 0 Å². The minimum atomic E-state index is -0.157. The summed E-state index contributed by atoms with van der Waals surface area (Å²) in [6, 6.07) is 10.3. The minimum Gasteiger partial charge on any atom is -0.502 e. The highest BCUT2D eigenvalue weighted by molar-refractivity contribution is 6.02. The number of phenolic OH excluding ortho intramolecular Hbond substituents is 1. The molecule has 92 valence electrons. The van der Waals surface area contributed by atoms with Gasteiger partial charge in [0.1, 0.15) is 5.58 Å². The molecule has 0 spiro atoms. The van der Waals surface area contributed by atoms with Gasteiger partial charge in [0.15, 0.2) is 11.2 Å². The Kier molecular flexibility index (Phi) is 1.82. The van der Waals surface area contributed by atoms with Crippen molar-refractivity contribution in [3.05, 3.63) is 52.9 Å². The Morgan fingerprint density at radius 3 is 2.74 bits per heavy atom. The smallest absolute Gasteiger partial charge is 0.203 e. The number of fused-ring (bicyclic) bond motifs is 3. The summed E-state index contributed by atoms with van der Waals surface area (Å²) in [5.74, 6) is -0.139. The molecule has 4 rings (SSSR count). The lowest BCUT2D eigenvalue weighted by molar-refractivity contribution is 0.458. The van der Waals surface area contributed by atoms with E-state index in [9.17, 15) is 9.90 Å². The summed E-state index contributed by atoms with van der Waals surface area (Å²) in [7, 11) is 0. The van der Waals surface area contributed by atoms with Crippen LogP contribution in [0, 0.1) is 0 Å². The van der Waals surface area contributed by atoms with E-state index in [4.69, 9.17) is 8.83 Å². The molecule has 0 fully saturated rings. The molecule has 0 saturated heterocycles. The quantitative estimate of drug-likeness (QED) is 0.487. The Bertz CT molecular complexity index is 991. The van der Waals surface area contributed by atoms with Crippen molar-refractivity contribution in [1.29, 1.82) is 0 Å². The highest BCUT2D eigenvalue weighted by atomic mass is 16.4. The first-order valence-electron chi connectivity index (χ1n) is 5.80. The summed E-state index contributed by atoms with van der Waals surface area (Å²) in [5.41, 5.74) is 0.772. The third-order valence-electron chi connectivity index (χ3n) is 3.26. The monoisotopic (exact) mass is 252 g/mol. The Hall–Kier alpha value is -2.75. The first kappa shape index (κ1) is 10.2. The van der Waals surface area contributed by atoms with Crippen LogP contribution in [0.15, 0.2) is 56.3 Å². The van der Waals surface area contributed by atoms with Crippen LogP contribution in [0.3, 0.4) is 0 Å². The van der Waals surface area contributed by atoms with Gasteiger partial charge in [0, 0.05) is 5.39 Å². The summed E-state index contributed by atoms with van der Waals surface area (Å²) in [6.45, 7) is 0. The second kappa shape index (κ2) is 3.38. The molecule has 1 N–H and O–H groups in total. The first-order chi connectivity index (χ1) is 9.25. The molecule has 0 atom stereocenters. The molecule has 0 bridgehead atoms. The van der Waals surface area contributed by atoms with Crippen LogP contribution in [0.25, 0.3) is 32.9 Å². The Balaban J connectivity index is 2.37. The zero-order valence-electron chi connectivity index (χ0n) is 9.71. The molecule has 0 radical (unpaired) electrons. The zero-order valence-corrected chi connectivity index (χ0v) is 9.71. The van der Waals surface area contributed by atoms with Crippen molar-refractivity contribution in [3.63, 3.8) is 0 Å². The number of hydrogen-bond donors (Lipinski definition) is 1. The van der Waals surface area contributed by atoms with Gasteiger partial charge in [-0.2, -0.15) is 0 Å². The fourth-order valence-electron chi connectivity index (χ4n) is 2.35. The van der Waals surface area contributed by atoms with Gasteiger partial charge in [0.25, 0.3) is 0 Å². The lowest BCUT2D eigenvalue weighted by Gasteiger charge is -2.03. The van der Waals surface area contributed by atoms with Crippen molar-refractivity contribution >= 4 is 32.9 Å². The van der Waals surface area contributed by atoms with E-state index in [0.717, 1.165) is 0 Å². The van der Waals surface area contributed by atoms with Crippen molar-refractivity contribution in [2.75, 3.05) is 0 Å². The standard InChI is InChI=1S/C15H8O4/c16-12-9-3-1-2-4-11(9)19-15-10(12)7-8-5-6-18-14(8)13(15)17/h1-7,17H. The Labute approximate surface area is 106 Å². The fraction of sp³-hybridized carbons (Fsp3) is 0. The van der Waals surface area contributed by atoms with E-state index < -0.39 is 0 Å². The molecule has 0 saturated carbocycles. The van der Waals surface area contributed by atoms with Crippen LogP contribution in [0.2, 0.25) is 0 Å². The molecule has 19 heavy (non-hydrogen) atoms. The molecule has 4 nitrogen and oxygen atoms in total. The molecule has 4 aromatic rings. The topological polar surface area (TPSA) is 63.6 Å². The minimum absolute atomic E-state index is 0.139. The molecule has 2 aromatic heterocycles. The Morgan fingerprint density at radius 2 is 1.84 bits per heavy atom. The predicted octanol–water partition coefficient (Wildman–Crippen LogP) is 3.40. The SMILES string of the molecule is O=c1c2ccccc2oc2c(O)c3occc3cc12. The highest BCUT2D eigenvalue weighted by Gasteiger charge is 2.15. The predicted molar refractivity (Wildman–Crippen MR) is 71.4 cm³/mol. The number of phenols is 1. The van der Waals surface area contributed by atoms with Gasteiger partial charge in [-0.1, -0.05) is 12.1 Å². The molecular formula is C15H8O4. The van der Waals surface area contributed by atoms with Crippen molar-refractivity contribution in [1.82, 2.24) is 0 Å². The number of furan rings is 1. The van der Waals surface area contributed by atoms with E-state index in [1.165, 1.54) is 6.26 Å². The van der Waals surface area contributed by atoms with Crippen LogP contribution in [0.4, 0.5) is 0 Å². The molecule has 0 aliphatic carbocycles. The zero-order chi connectivity index (χ0) is 13.0. The van der Waals surface area contributed by atoms with Crippen LogP contribution in [0.1, 0.15) is 0 Å². The summed E-state index contributed by atoms with van der Waals surface area (Å²) >= 11 is 0.